The lowest BCUT2D eigenvalue weighted by Gasteiger charge is -2.32. The van der Waals surface area contributed by atoms with E-state index >= 15 is 0 Å². The van der Waals surface area contributed by atoms with Crippen LogP contribution in [0.2, 0.25) is 0 Å². The van der Waals surface area contributed by atoms with E-state index in [0.29, 0.717) is 17.9 Å². The van der Waals surface area contributed by atoms with Crippen LogP contribution in [0.15, 0.2) is 24.3 Å². The van der Waals surface area contributed by atoms with Crippen molar-refractivity contribution in [3.05, 3.63) is 29.8 Å². The largest absolute Gasteiger partial charge is 0.497 e. The third kappa shape index (κ3) is 3.15. The van der Waals surface area contributed by atoms with Gasteiger partial charge in [0.2, 0.25) is 0 Å². The molecular weight excluding hydrogens is 306 g/mol. The molecule has 5 nitrogen and oxygen atoms in total. The van der Waals surface area contributed by atoms with Crippen molar-refractivity contribution in [2.75, 3.05) is 26.9 Å². The first-order valence-corrected chi connectivity index (χ1v) is 8.94. The van der Waals surface area contributed by atoms with Crippen molar-refractivity contribution >= 4 is 5.91 Å². The minimum absolute atomic E-state index is 0.00505. The normalized spacial score (nSPS) is 29.4. The first-order chi connectivity index (χ1) is 11.8. The van der Waals surface area contributed by atoms with Gasteiger partial charge in [0.15, 0.2) is 0 Å². The lowest BCUT2D eigenvalue weighted by Crippen LogP contribution is -2.44. The van der Waals surface area contributed by atoms with Gasteiger partial charge >= 0.3 is 0 Å². The third-order valence-corrected chi connectivity index (χ3v) is 5.30. The van der Waals surface area contributed by atoms with Crippen LogP contribution in [-0.4, -0.2) is 55.9 Å². The van der Waals surface area contributed by atoms with Gasteiger partial charge in [0, 0.05) is 18.8 Å². The lowest BCUT2D eigenvalue weighted by atomic mass is 10.0. The summed E-state index contributed by atoms with van der Waals surface area (Å²) in [5.74, 6) is 1.47. The Labute approximate surface area is 142 Å². The van der Waals surface area contributed by atoms with Gasteiger partial charge in [-0.25, -0.2) is 0 Å². The summed E-state index contributed by atoms with van der Waals surface area (Å²) in [6.45, 7) is 2.20. The molecule has 0 bridgehead atoms. The molecule has 130 valence electrons. The van der Waals surface area contributed by atoms with Crippen LogP contribution in [0.4, 0.5) is 0 Å². The van der Waals surface area contributed by atoms with E-state index in [2.05, 4.69) is 0 Å². The molecule has 4 rings (SSSR count). The fraction of sp³-hybridized carbons (Fsp3) is 0.632. The van der Waals surface area contributed by atoms with Crippen LogP contribution in [0.3, 0.4) is 0 Å². The first-order valence-electron chi connectivity index (χ1n) is 8.94. The van der Waals surface area contributed by atoms with Crippen LogP contribution in [0.1, 0.15) is 36.0 Å². The van der Waals surface area contributed by atoms with E-state index in [1.165, 1.54) is 12.8 Å². The summed E-state index contributed by atoms with van der Waals surface area (Å²) < 4.78 is 17.3. The Hall–Kier alpha value is -1.59. The summed E-state index contributed by atoms with van der Waals surface area (Å²) in [6, 6.07) is 7.50. The third-order valence-electron chi connectivity index (χ3n) is 5.30. The number of fused-ring (bicyclic) bond motifs is 1. The number of ether oxygens (including phenoxy) is 3. The van der Waals surface area contributed by atoms with Gasteiger partial charge in [-0.3, -0.25) is 4.79 Å². The lowest BCUT2D eigenvalue weighted by molar-refractivity contribution is -0.0781. The summed E-state index contributed by atoms with van der Waals surface area (Å²) in [5.41, 5.74) is 0.668. The SMILES string of the molecule is COc1cccc(C(=O)N2C[C@H](OCC3CC3)[C@@H]3OCCC[C@@H]32)c1. The quantitative estimate of drug-likeness (QED) is 0.832. The molecule has 1 saturated carbocycles. The second kappa shape index (κ2) is 6.73. The van der Waals surface area contributed by atoms with Crippen molar-refractivity contribution < 1.29 is 19.0 Å². The van der Waals surface area contributed by atoms with Crippen molar-refractivity contribution in [1.82, 2.24) is 4.90 Å². The van der Waals surface area contributed by atoms with E-state index in [9.17, 15) is 4.79 Å². The van der Waals surface area contributed by atoms with Crippen molar-refractivity contribution in [3.8, 4) is 5.75 Å². The number of likely N-dealkylation sites (tertiary alicyclic amines) is 1. The van der Waals surface area contributed by atoms with E-state index < -0.39 is 0 Å². The van der Waals surface area contributed by atoms with Gasteiger partial charge in [0.1, 0.15) is 18.0 Å². The van der Waals surface area contributed by atoms with E-state index in [1.807, 2.05) is 23.1 Å². The molecule has 3 aliphatic rings. The molecule has 3 atom stereocenters. The molecule has 0 unspecified atom stereocenters. The van der Waals surface area contributed by atoms with Crippen LogP contribution in [0, 0.1) is 5.92 Å². The molecule has 1 amide bonds. The molecule has 2 saturated heterocycles. The number of hydrogen-bond acceptors (Lipinski definition) is 4. The summed E-state index contributed by atoms with van der Waals surface area (Å²) >= 11 is 0. The predicted octanol–water partition coefficient (Wildman–Crippen LogP) is 2.49. The minimum Gasteiger partial charge on any atom is -0.497 e. The van der Waals surface area contributed by atoms with E-state index in [4.69, 9.17) is 14.2 Å². The van der Waals surface area contributed by atoms with E-state index in [-0.39, 0.29) is 24.2 Å². The molecule has 1 aromatic rings. The average Bonchev–Trinajstić information content (AvgIpc) is 3.40. The van der Waals surface area contributed by atoms with Crippen LogP contribution >= 0.6 is 0 Å². The predicted molar refractivity (Wildman–Crippen MR) is 89.3 cm³/mol. The molecule has 5 heteroatoms. The van der Waals surface area contributed by atoms with Gasteiger partial charge in [0.25, 0.3) is 5.91 Å². The van der Waals surface area contributed by atoms with Crippen molar-refractivity contribution in [2.24, 2.45) is 5.92 Å². The highest BCUT2D eigenvalue weighted by molar-refractivity contribution is 5.95. The van der Waals surface area contributed by atoms with E-state index in [1.54, 1.807) is 13.2 Å². The summed E-state index contributed by atoms with van der Waals surface area (Å²) in [6.07, 6.45) is 4.56. The van der Waals surface area contributed by atoms with Gasteiger partial charge < -0.3 is 19.1 Å². The van der Waals surface area contributed by atoms with Crippen LogP contribution in [-0.2, 0) is 9.47 Å². The molecular formula is C19H25NO4. The fourth-order valence-electron chi connectivity index (χ4n) is 3.76. The number of carbonyl (C=O) groups is 1. The highest BCUT2D eigenvalue weighted by Gasteiger charge is 2.47. The number of nitrogens with zero attached hydrogens (tertiary/aromatic N) is 1. The Kier molecular flexibility index (Phi) is 4.46. The van der Waals surface area contributed by atoms with E-state index in [0.717, 1.165) is 32.0 Å². The Balaban J connectivity index is 1.50. The van der Waals surface area contributed by atoms with Gasteiger partial charge in [-0.15, -0.1) is 0 Å². The molecule has 2 heterocycles. The highest BCUT2D eigenvalue weighted by atomic mass is 16.5. The Morgan fingerprint density at radius 2 is 2.21 bits per heavy atom. The topological polar surface area (TPSA) is 48.0 Å². The molecule has 0 N–H and O–H groups in total. The van der Waals surface area contributed by atoms with Crippen molar-refractivity contribution in [3.63, 3.8) is 0 Å². The summed E-state index contributed by atoms with van der Waals surface area (Å²) in [5, 5.41) is 0. The van der Waals surface area contributed by atoms with Gasteiger partial charge in [-0.2, -0.15) is 0 Å². The standard InChI is InChI=1S/C19H25NO4/c1-22-15-5-2-4-14(10-15)19(21)20-11-17(24-12-13-7-8-13)18-16(20)6-3-9-23-18/h2,4-5,10,13,16-18H,3,6-9,11-12H2,1H3/t16-,17-,18+/m0/s1. The van der Waals surface area contributed by atoms with Crippen LogP contribution < -0.4 is 4.74 Å². The average molecular weight is 331 g/mol. The minimum atomic E-state index is 0.00505. The Morgan fingerprint density at radius 1 is 1.33 bits per heavy atom. The molecule has 3 fully saturated rings. The monoisotopic (exact) mass is 331 g/mol. The summed E-state index contributed by atoms with van der Waals surface area (Å²) in [4.78, 5) is 15.0. The van der Waals surface area contributed by atoms with Gasteiger partial charge in [-0.05, 0) is 49.8 Å². The zero-order chi connectivity index (χ0) is 16.5. The molecule has 0 radical (unpaired) electrons. The van der Waals surface area contributed by atoms with Crippen LogP contribution in [0.5, 0.6) is 5.75 Å². The maximum Gasteiger partial charge on any atom is 0.254 e. The number of rotatable bonds is 5. The second-order valence-electron chi connectivity index (χ2n) is 7.05. The number of methoxy groups -OCH3 is 1. The molecule has 1 aromatic carbocycles. The number of carbonyl (C=O) groups excluding carboxylic acids is 1. The number of hydrogen-bond donors (Lipinski definition) is 0. The fourth-order valence-corrected chi connectivity index (χ4v) is 3.76. The van der Waals surface area contributed by atoms with Crippen molar-refractivity contribution in [2.45, 2.75) is 43.9 Å². The highest BCUT2D eigenvalue weighted by Crippen LogP contribution is 2.34. The summed E-state index contributed by atoms with van der Waals surface area (Å²) in [7, 11) is 1.62. The van der Waals surface area contributed by atoms with Crippen LogP contribution in [0.25, 0.3) is 0 Å². The Morgan fingerprint density at radius 3 is 3.00 bits per heavy atom. The molecule has 2 aliphatic heterocycles. The van der Waals surface area contributed by atoms with Gasteiger partial charge in [0.05, 0.1) is 19.7 Å². The second-order valence-corrected chi connectivity index (χ2v) is 7.05. The first kappa shape index (κ1) is 15.9. The number of benzene rings is 1. The Bertz CT molecular complexity index is 601. The molecule has 0 spiro atoms. The van der Waals surface area contributed by atoms with Gasteiger partial charge in [-0.1, -0.05) is 6.07 Å². The zero-order valence-corrected chi connectivity index (χ0v) is 14.1. The smallest absolute Gasteiger partial charge is 0.254 e. The maximum absolute atomic E-state index is 13.0. The molecule has 0 aromatic heterocycles. The molecule has 24 heavy (non-hydrogen) atoms. The number of amides is 1. The molecule has 1 aliphatic carbocycles. The zero-order valence-electron chi connectivity index (χ0n) is 14.1. The van der Waals surface area contributed by atoms with Crippen molar-refractivity contribution in [1.29, 1.82) is 0 Å². The maximum atomic E-state index is 13.0.